The molecular weight excluding hydrogens is 466 g/mol. The van der Waals surface area contributed by atoms with Gasteiger partial charge in [-0.15, -0.1) is 0 Å². The molecular formula is C30H29N3O4. The number of anilines is 1. The number of aryl methyl sites for hydroxylation is 2. The molecule has 6 rings (SSSR count). The minimum Gasteiger partial charge on any atom is -0.508 e. The van der Waals surface area contributed by atoms with Crippen LogP contribution < -0.4 is 10.6 Å². The van der Waals surface area contributed by atoms with E-state index in [-0.39, 0.29) is 30.0 Å². The zero-order chi connectivity index (χ0) is 25.9. The molecule has 1 spiro atoms. The predicted octanol–water partition coefficient (Wildman–Crippen LogP) is 3.21. The van der Waals surface area contributed by atoms with Crippen LogP contribution in [0.25, 0.3) is 0 Å². The smallest absolute Gasteiger partial charge is 0.250 e. The lowest BCUT2D eigenvalue weighted by Crippen LogP contribution is -2.53. The number of benzene rings is 3. The summed E-state index contributed by atoms with van der Waals surface area (Å²) in [5.74, 6) is -2.16. The first kappa shape index (κ1) is 23.4. The lowest BCUT2D eigenvalue weighted by Gasteiger charge is -2.30. The Morgan fingerprint density at radius 2 is 1.65 bits per heavy atom. The van der Waals surface area contributed by atoms with Crippen molar-refractivity contribution in [2.24, 2.45) is 11.8 Å². The van der Waals surface area contributed by atoms with Gasteiger partial charge in [0.15, 0.2) is 0 Å². The number of amides is 3. The minimum atomic E-state index is -1.31. The van der Waals surface area contributed by atoms with Crippen molar-refractivity contribution < 1.29 is 19.5 Å². The first-order valence-corrected chi connectivity index (χ1v) is 12.7. The summed E-state index contributed by atoms with van der Waals surface area (Å²) in [4.78, 5) is 43.0. The second-order valence-electron chi connectivity index (χ2n) is 10.5. The van der Waals surface area contributed by atoms with Crippen LogP contribution in [0.4, 0.5) is 5.69 Å². The number of aromatic hydroxyl groups is 1. The Morgan fingerprint density at radius 3 is 2.38 bits per heavy atom. The van der Waals surface area contributed by atoms with E-state index in [1.165, 1.54) is 4.90 Å². The third kappa shape index (κ3) is 3.56. The molecule has 2 saturated heterocycles. The quantitative estimate of drug-likeness (QED) is 0.472. The van der Waals surface area contributed by atoms with E-state index in [4.69, 9.17) is 0 Å². The topological polar surface area (TPSA) is 98.7 Å². The van der Waals surface area contributed by atoms with E-state index in [0.717, 1.165) is 33.5 Å². The molecule has 3 heterocycles. The van der Waals surface area contributed by atoms with E-state index in [0.29, 0.717) is 12.8 Å². The molecule has 3 aromatic carbocycles. The van der Waals surface area contributed by atoms with Crippen LogP contribution >= 0.6 is 0 Å². The molecule has 3 aliphatic heterocycles. The number of hydrogen-bond donors (Lipinski definition) is 3. The van der Waals surface area contributed by atoms with Gasteiger partial charge in [0.05, 0.1) is 11.8 Å². The van der Waals surface area contributed by atoms with Gasteiger partial charge in [-0.1, -0.05) is 60.2 Å². The molecule has 188 valence electrons. The Kier molecular flexibility index (Phi) is 5.42. The molecule has 0 aromatic heterocycles. The third-order valence-corrected chi connectivity index (χ3v) is 8.12. The molecule has 3 amide bonds. The third-order valence-electron chi connectivity index (χ3n) is 8.12. The van der Waals surface area contributed by atoms with E-state index in [1.54, 1.807) is 12.1 Å². The van der Waals surface area contributed by atoms with Crippen molar-refractivity contribution in [3.05, 3.63) is 94.5 Å². The zero-order valence-corrected chi connectivity index (χ0v) is 20.8. The van der Waals surface area contributed by atoms with Gasteiger partial charge in [-0.3, -0.25) is 24.6 Å². The van der Waals surface area contributed by atoms with Crippen LogP contribution in [0, 0.1) is 25.7 Å². The Bertz CT molecular complexity index is 1420. The highest BCUT2D eigenvalue weighted by Crippen LogP contribution is 2.54. The largest absolute Gasteiger partial charge is 0.508 e. The molecule has 3 aromatic rings. The number of hydrogen-bond acceptors (Lipinski definition) is 5. The summed E-state index contributed by atoms with van der Waals surface area (Å²) in [6.45, 7) is 4.19. The highest BCUT2D eigenvalue weighted by molar-refractivity contribution is 6.15. The monoisotopic (exact) mass is 495 g/mol. The first-order valence-electron chi connectivity index (χ1n) is 12.7. The van der Waals surface area contributed by atoms with Crippen LogP contribution in [0.1, 0.15) is 27.8 Å². The van der Waals surface area contributed by atoms with Crippen LogP contribution in [-0.4, -0.2) is 40.3 Å². The van der Waals surface area contributed by atoms with Gasteiger partial charge in [0, 0.05) is 23.8 Å². The molecule has 3 N–H and O–H groups in total. The number of carbonyl (C=O) groups is 3. The first-order chi connectivity index (χ1) is 17.8. The molecule has 7 nitrogen and oxygen atoms in total. The average Bonchev–Trinajstić information content (AvgIpc) is 3.45. The van der Waals surface area contributed by atoms with Gasteiger partial charge >= 0.3 is 0 Å². The van der Waals surface area contributed by atoms with Crippen LogP contribution in [0.3, 0.4) is 0 Å². The molecule has 4 unspecified atom stereocenters. The molecule has 0 bridgehead atoms. The summed E-state index contributed by atoms with van der Waals surface area (Å²) in [5, 5.41) is 16.2. The van der Waals surface area contributed by atoms with E-state index in [2.05, 4.69) is 10.6 Å². The number of likely N-dealkylation sites (tertiary alicyclic amines) is 1. The Balaban J connectivity index is 1.42. The predicted molar refractivity (Wildman–Crippen MR) is 139 cm³/mol. The molecule has 3 aliphatic rings. The summed E-state index contributed by atoms with van der Waals surface area (Å²) in [6, 6.07) is 20.1. The highest BCUT2D eigenvalue weighted by atomic mass is 16.3. The summed E-state index contributed by atoms with van der Waals surface area (Å²) in [5.41, 5.74) is 4.02. The minimum absolute atomic E-state index is 0.159. The summed E-state index contributed by atoms with van der Waals surface area (Å²) >= 11 is 0. The van der Waals surface area contributed by atoms with E-state index >= 15 is 0 Å². The van der Waals surface area contributed by atoms with Gasteiger partial charge in [0.1, 0.15) is 11.3 Å². The van der Waals surface area contributed by atoms with Crippen LogP contribution in [0.2, 0.25) is 0 Å². The molecule has 0 radical (unpaired) electrons. The standard InChI is InChI=1S/C30H29N3O4/c1-17-14-18(2)26-22(15-17)30(29(37)31-26)25-24(23(32-30)16-20-8-10-21(34)11-9-20)27(35)33(28(25)36)13-12-19-6-4-3-5-7-19/h3-11,14-15,23-25,32,34H,12-13,16H2,1-2H3,(H,31,37). The van der Waals surface area contributed by atoms with Crippen molar-refractivity contribution in [2.75, 3.05) is 11.9 Å². The van der Waals surface area contributed by atoms with Crippen molar-refractivity contribution in [2.45, 2.75) is 38.3 Å². The number of phenols is 1. The number of carbonyl (C=O) groups excluding carboxylic acids is 3. The van der Waals surface area contributed by atoms with Crippen LogP contribution in [-0.2, 0) is 32.8 Å². The van der Waals surface area contributed by atoms with Crippen molar-refractivity contribution in [1.29, 1.82) is 0 Å². The maximum Gasteiger partial charge on any atom is 0.250 e. The van der Waals surface area contributed by atoms with E-state index in [9.17, 15) is 19.5 Å². The summed E-state index contributed by atoms with van der Waals surface area (Å²) in [6.07, 6.45) is 1.00. The average molecular weight is 496 g/mol. The van der Waals surface area contributed by atoms with Gasteiger partial charge in [-0.05, 0) is 55.5 Å². The zero-order valence-electron chi connectivity index (χ0n) is 20.8. The van der Waals surface area contributed by atoms with Crippen molar-refractivity contribution in [3.63, 3.8) is 0 Å². The number of phenolic OH excluding ortho intramolecular Hbond substituents is 1. The molecule has 2 fully saturated rings. The van der Waals surface area contributed by atoms with Crippen LogP contribution in [0.15, 0.2) is 66.7 Å². The van der Waals surface area contributed by atoms with E-state index < -0.39 is 23.4 Å². The van der Waals surface area contributed by atoms with Crippen molar-refractivity contribution in [3.8, 4) is 5.75 Å². The van der Waals surface area contributed by atoms with Crippen molar-refractivity contribution in [1.82, 2.24) is 10.2 Å². The highest BCUT2D eigenvalue weighted by Gasteiger charge is 2.70. The molecule has 0 saturated carbocycles. The van der Waals surface area contributed by atoms with Crippen LogP contribution in [0.5, 0.6) is 5.75 Å². The van der Waals surface area contributed by atoms with E-state index in [1.807, 2.05) is 68.4 Å². The molecule has 4 atom stereocenters. The second-order valence-corrected chi connectivity index (χ2v) is 10.5. The maximum absolute atomic E-state index is 14.0. The fourth-order valence-electron chi connectivity index (χ4n) is 6.48. The Hall–Kier alpha value is -3.97. The normalized spacial score (nSPS) is 26.1. The lowest BCUT2D eigenvalue weighted by molar-refractivity contribution is -0.142. The number of fused-ring (bicyclic) bond motifs is 4. The van der Waals surface area contributed by atoms with Crippen molar-refractivity contribution >= 4 is 23.4 Å². The fourth-order valence-corrected chi connectivity index (χ4v) is 6.48. The molecule has 0 aliphatic carbocycles. The maximum atomic E-state index is 14.0. The summed E-state index contributed by atoms with van der Waals surface area (Å²) in [7, 11) is 0. The van der Waals surface area contributed by atoms with Gasteiger partial charge < -0.3 is 10.4 Å². The Labute approximate surface area is 215 Å². The Morgan fingerprint density at radius 1 is 0.919 bits per heavy atom. The van der Waals surface area contributed by atoms with Gasteiger partial charge in [0.25, 0.3) is 0 Å². The second kappa shape index (κ2) is 8.56. The molecule has 7 heteroatoms. The summed E-state index contributed by atoms with van der Waals surface area (Å²) < 4.78 is 0. The number of nitrogens with zero attached hydrogens (tertiary/aromatic N) is 1. The SMILES string of the molecule is Cc1cc(C)c2c(c1)C1(NC(Cc3ccc(O)cc3)C3C(=O)N(CCc4ccccc4)C(=O)C31)C(=O)N2. The number of rotatable bonds is 5. The fraction of sp³-hybridized carbons (Fsp3) is 0.300. The number of nitrogens with one attached hydrogen (secondary N) is 2. The number of imide groups is 1. The molecule has 37 heavy (non-hydrogen) atoms. The van der Waals surface area contributed by atoms with Gasteiger partial charge in [-0.2, -0.15) is 0 Å². The van der Waals surface area contributed by atoms with Gasteiger partial charge in [-0.25, -0.2) is 0 Å². The van der Waals surface area contributed by atoms with Gasteiger partial charge in [0.2, 0.25) is 17.7 Å². The lowest BCUT2D eigenvalue weighted by atomic mass is 9.75.